The molecule has 0 aliphatic rings. The monoisotopic (exact) mass is 406 g/mol. The van der Waals surface area contributed by atoms with E-state index in [1.165, 1.54) is 21.3 Å². The van der Waals surface area contributed by atoms with Crippen molar-refractivity contribution in [2.75, 3.05) is 27.9 Å². The van der Waals surface area contributed by atoms with Crippen molar-refractivity contribution in [3.05, 3.63) is 41.0 Å². The van der Waals surface area contributed by atoms with E-state index >= 15 is 0 Å². The van der Waals surface area contributed by atoms with E-state index in [4.69, 9.17) is 23.7 Å². The molecule has 1 rings (SSSR count). The van der Waals surface area contributed by atoms with Crippen molar-refractivity contribution in [3.8, 4) is 17.2 Å². The highest BCUT2D eigenvalue weighted by Gasteiger charge is 2.23. The Morgan fingerprint density at radius 2 is 1.55 bits per heavy atom. The lowest BCUT2D eigenvalue weighted by molar-refractivity contribution is -0.146. The largest absolute Gasteiger partial charge is 0.493 e. The van der Waals surface area contributed by atoms with Gasteiger partial charge in [-0.3, -0.25) is 0 Å². The minimum absolute atomic E-state index is 0.162. The molecule has 0 heterocycles. The van der Waals surface area contributed by atoms with Gasteiger partial charge in [-0.25, -0.2) is 9.59 Å². The van der Waals surface area contributed by atoms with Gasteiger partial charge in [0.05, 0.1) is 26.9 Å². The Bertz CT molecular complexity index is 752. The standard InChI is InChI=1S/C22H30O7/c1-8-14(4)21(23)28-13-15(9-2)22(24)29-17(10-3)16-11-18(25-5)20(27-7)19(12-16)26-6/h8-9,11-12,17H,10,13H2,1-7H3. The third kappa shape index (κ3) is 6.27. The molecule has 0 aliphatic carbocycles. The maximum Gasteiger partial charge on any atom is 0.337 e. The molecule has 0 fully saturated rings. The van der Waals surface area contributed by atoms with Gasteiger partial charge in [0.25, 0.3) is 0 Å². The van der Waals surface area contributed by atoms with Gasteiger partial charge in [-0.2, -0.15) is 0 Å². The van der Waals surface area contributed by atoms with Gasteiger partial charge in [0, 0.05) is 11.1 Å². The van der Waals surface area contributed by atoms with Crippen molar-refractivity contribution in [3.63, 3.8) is 0 Å². The molecular formula is C22H30O7. The van der Waals surface area contributed by atoms with Crippen molar-refractivity contribution in [2.24, 2.45) is 0 Å². The molecule has 160 valence electrons. The van der Waals surface area contributed by atoms with Crippen LogP contribution >= 0.6 is 0 Å². The zero-order valence-electron chi connectivity index (χ0n) is 18.2. The second-order valence-corrected chi connectivity index (χ2v) is 6.12. The van der Waals surface area contributed by atoms with Crippen LogP contribution in [-0.2, 0) is 19.1 Å². The normalized spacial score (nSPS) is 12.8. The molecule has 0 N–H and O–H groups in total. The van der Waals surface area contributed by atoms with Gasteiger partial charge in [-0.05, 0) is 39.3 Å². The molecule has 0 saturated carbocycles. The Balaban J connectivity index is 3.01. The summed E-state index contributed by atoms with van der Waals surface area (Å²) in [5.74, 6) is 0.368. The predicted molar refractivity (Wildman–Crippen MR) is 109 cm³/mol. The van der Waals surface area contributed by atoms with E-state index in [1.54, 1.807) is 45.1 Å². The molecule has 1 aromatic rings. The first-order chi connectivity index (χ1) is 13.9. The summed E-state index contributed by atoms with van der Waals surface area (Å²) in [5, 5.41) is 0. The molecule has 1 atom stereocenters. The van der Waals surface area contributed by atoms with E-state index < -0.39 is 18.0 Å². The van der Waals surface area contributed by atoms with Gasteiger partial charge in [0.15, 0.2) is 11.5 Å². The van der Waals surface area contributed by atoms with Crippen molar-refractivity contribution in [1.29, 1.82) is 0 Å². The van der Waals surface area contributed by atoms with Crippen LogP contribution in [0.2, 0.25) is 0 Å². The van der Waals surface area contributed by atoms with Crippen LogP contribution in [0.4, 0.5) is 0 Å². The van der Waals surface area contributed by atoms with Gasteiger partial charge in [-0.1, -0.05) is 19.1 Å². The van der Waals surface area contributed by atoms with Gasteiger partial charge >= 0.3 is 11.9 Å². The first-order valence-corrected chi connectivity index (χ1v) is 9.32. The maximum absolute atomic E-state index is 12.6. The molecule has 0 amide bonds. The van der Waals surface area contributed by atoms with Gasteiger partial charge in [0.1, 0.15) is 12.7 Å². The summed E-state index contributed by atoms with van der Waals surface area (Å²) in [4.78, 5) is 24.4. The van der Waals surface area contributed by atoms with Gasteiger partial charge in [-0.15, -0.1) is 0 Å². The number of benzene rings is 1. The van der Waals surface area contributed by atoms with E-state index in [0.29, 0.717) is 34.8 Å². The average Bonchev–Trinajstić information content (AvgIpc) is 2.75. The Morgan fingerprint density at radius 3 is 1.97 bits per heavy atom. The van der Waals surface area contributed by atoms with Crippen LogP contribution < -0.4 is 14.2 Å². The van der Waals surface area contributed by atoms with Crippen molar-refractivity contribution in [2.45, 2.75) is 40.2 Å². The summed E-state index contributed by atoms with van der Waals surface area (Å²) in [7, 11) is 4.56. The molecule has 0 spiro atoms. The van der Waals surface area contributed by atoms with E-state index in [1.807, 2.05) is 6.92 Å². The fourth-order valence-corrected chi connectivity index (χ4v) is 2.51. The molecule has 7 nitrogen and oxygen atoms in total. The topological polar surface area (TPSA) is 80.3 Å². The summed E-state index contributed by atoms with van der Waals surface area (Å²) in [6.45, 7) is 6.81. The van der Waals surface area contributed by atoms with Crippen molar-refractivity contribution >= 4 is 11.9 Å². The first kappa shape index (κ1) is 24.1. The van der Waals surface area contributed by atoms with E-state index in [2.05, 4.69) is 0 Å². The molecule has 29 heavy (non-hydrogen) atoms. The minimum atomic E-state index is -0.556. The van der Waals surface area contributed by atoms with E-state index in [9.17, 15) is 9.59 Å². The van der Waals surface area contributed by atoms with Crippen LogP contribution in [0.15, 0.2) is 35.4 Å². The molecule has 1 unspecified atom stereocenters. The predicted octanol–water partition coefficient (Wildman–Crippen LogP) is 4.16. The fourth-order valence-electron chi connectivity index (χ4n) is 2.51. The Labute approximate surface area is 172 Å². The Morgan fingerprint density at radius 1 is 0.966 bits per heavy atom. The smallest absolute Gasteiger partial charge is 0.337 e. The molecule has 0 bridgehead atoms. The summed E-state index contributed by atoms with van der Waals surface area (Å²) in [6, 6.07) is 3.49. The lowest BCUT2D eigenvalue weighted by atomic mass is 10.1. The Hall–Kier alpha value is -2.96. The molecule has 0 radical (unpaired) electrons. The molecule has 7 heteroatoms. The number of allylic oxidation sites excluding steroid dienone is 2. The second kappa shape index (κ2) is 11.8. The van der Waals surface area contributed by atoms with Gasteiger partial charge in [0.2, 0.25) is 5.75 Å². The summed E-state index contributed by atoms with van der Waals surface area (Å²) >= 11 is 0. The lowest BCUT2D eigenvalue weighted by Gasteiger charge is -2.20. The van der Waals surface area contributed by atoms with Crippen LogP contribution in [0, 0.1) is 0 Å². The highest BCUT2D eigenvalue weighted by Crippen LogP contribution is 2.40. The molecule has 0 aromatic heterocycles. The van der Waals surface area contributed by atoms with Crippen LogP contribution in [0.5, 0.6) is 17.2 Å². The fraction of sp³-hybridized carbons (Fsp3) is 0.455. The maximum atomic E-state index is 12.6. The van der Waals surface area contributed by atoms with Crippen LogP contribution in [0.1, 0.15) is 45.8 Å². The van der Waals surface area contributed by atoms with Crippen LogP contribution in [0.25, 0.3) is 0 Å². The summed E-state index contributed by atoms with van der Waals surface area (Å²) in [5.41, 5.74) is 1.43. The number of carbonyl (C=O) groups is 2. The number of rotatable bonds is 10. The zero-order valence-corrected chi connectivity index (χ0v) is 18.2. The van der Waals surface area contributed by atoms with Crippen molar-refractivity contribution in [1.82, 2.24) is 0 Å². The third-order valence-corrected chi connectivity index (χ3v) is 4.40. The summed E-state index contributed by atoms with van der Waals surface area (Å²) < 4.78 is 26.9. The Kier molecular flexibility index (Phi) is 9.79. The number of carbonyl (C=O) groups excluding carboxylic acids is 2. The highest BCUT2D eigenvalue weighted by atomic mass is 16.6. The zero-order chi connectivity index (χ0) is 22.0. The lowest BCUT2D eigenvalue weighted by Crippen LogP contribution is -2.18. The number of ether oxygens (including phenoxy) is 5. The number of esters is 2. The van der Waals surface area contributed by atoms with E-state index in [-0.39, 0.29) is 12.2 Å². The highest BCUT2D eigenvalue weighted by molar-refractivity contribution is 5.91. The molecular weight excluding hydrogens is 376 g/mol. The van der Waals surface area contributed by atoms with Crippen LogP contribution in [0.3, 0.4) is 0 Å². The van der Waals surface area contributed by atoms with E-state index in [0.717, 1.165) is 0 Å². The third-order valence-electron chi connectivity index (χ3n) is 4.40. The molecule has 1 aromatic carbocycles. The quantitative estimate of drug-likeness (QED) is 0.426. The first-order valence-electron chi connectivity index (χ1n) is 9.32. The molecule has 0 saturated heterocycles. The molecule has 0 aliphatic heterocycles. The summed E-state index contributed by atoms with van der Waals surface area (Å²) in [6.07, 6.45) is 3.20. The number of hydrogen-bond donors (Lipinski definition) is 0. The average molecular weight is 406 g/mol. The van der Waals surface area contributed by atoms with Crippen molar-refractivity contribution < 1.29 is 33.3 Å². The number of methoxy groups -OCH3 is 3. The second-order valence-electron chi connectivity index (χ2n) is 6.12. The van der Waals surface area contributed by atoms with Gasteiger partial charge < -0.3 is 23.7 Å². The minimum Gasteiger partial charge on any atom is -0.493 e. The van der Waals surface area contributed by atoms with Crippen LogP contribution in [-0.4, -0.2) is 39.9 Å². The number of hydrogen-bond acceptors (Lipinski definition) is 7. The SMILES string of the molecule is CC=C(C)C(=O)OCC(=CC)C(=O)OC(CC)c1cc(OC)c(OC)c(OC)c1.